The third-order valence-corrected chi connectivity index (χ3v) is 6.26. The molecule has 0 aromatic heterocycles. The smallest absolute Gasteiger partial charge is 0.281 e. The van der Waals surface area contributed by atoms with Crippen molar-refractivity contribution in [3.05, 3.63) is 29.8 Å². The van der Waals surface area contributed by atoms with Gasteiger partial charge in [-0.05, 0) is 24.5 Å². The van der Waals surface area contributed by atoms with Crippen molar-refractivity contribution in [2.45, 2.75) is 18.3 Å². The Hall–Kier alpha value is -1.44. The first kappa shape index (κ1) is 14.5. The Bertz CT molecular complexity index is 686. The Kier molecular flexibility index (Phi) is 3.31. The van der Waals surface area contributed by atoms with E-state index in [0.717, 1.165) is 11.3 Å². The number of fused-ring (bicyclic) bond motifs is 2. The molecule has 1 aromatic carbocycles. The molecule has 0 unspecified atom stereocenters. The van der Waals surface area contributed by atoms with E-state index in [-0.39, 0.29) is 12.5 Å². The van der Waals surface area contributed by atoms with Gasteiger partial charge in [0.25, 0.3) is 10.2 Å². The summed E-state index contributed by atoms with van der Waals surface area (Å²) in [6.07, 6.45) is 1.35. The van der Waals surface area contributed by atoms with E-state index in [1.54, 1.807) is 0 Å². The van der Waals surface area contributed by atoms with Crippen LogP contribution in [0.5, 0.6) is 0 Å². The number of hydrogen-bond donors (Lipinski definition) is 1. The lowest BCUT2D eigenvalue weighted by atomic mass is 9.76. The average Bonchev–Trinajstić information content (AvgIpc) is 2.72. The molecule has 1 atom stereocenters. The Labute approximate surface area is 124 Å². The summed E-state index contributed by atoms with van der Waals surface area (Å²) in [6.45, 7) is 0.661. The number of carbonyl (C=O) groups excluding carboxylic acids is 1. The number of carbonyl (C=O) groups is 1. The van der Waals surface area contributed by atoms with Gasteiger partial charge in [0.15, 0.2) is 0 Å². The first-order valence-corrected chi connectivity index (χ1v) is 8.36. The molecule has 2 aliphatic rings. The molecule has 114 valence electrons. The van der Waals surface area contributed by atoms with Crippen LogP contribution in [0, 0.1) is 0 Å². The van der Waals surface area contributed by atoms with E-state index in [9.17, 15) is 13.2 Å². The van der Waals surface area contributed by atoms with E-state index in [0.29, 0.717) is 19.4 Å². The number of nitrogens with one attached hydrogen (secondary N) is 1. The maximum absolute atomic E-state index is 12.5. The van der Waals surface area contributed by atoms with Gasteiger partial charge in [-0.1, -0.05) is 18.2 Å². The van der Waals surface area contributed by atoms with Crippen LogP contribution in [0.25, 0.3) is 0 Å². The zero-order valence-electron chi connectivity index (χ0n) is 12.2. The molecule has 21 heavy (non-hydrogen) atoms. The molecule has 1 fully saturated rings. The second-order valence-electron chi connectivity index (χ2n) is 5.81. The third-order valence-electron chi connectivity index (χ3n) is 4.37. The van der Waals surface area contributed by atoms with Crippen LogP contribution in [-0.4, -0.2) is 50.1 Å². The molecule has 1 saturated heterocycles. The van der Waals surface area contributed by atoms with Gasteiger partial charge in [0.1, 0.15) is 0 Å². The lowest BCUT2D eigenvalue weighted by molar-refractivity contribution is -0.122. The quantitative estimate of drug-likeness (QED) is 0.877. The van der Waals surface area contributed by atoms with E-state index >= 15 is 0 Å². The van der Waals surface area contributed by atoms with E-state index in [4.69, 9.17) is 0 Å². The van der Waals surface area contributed by atoms with Gasteiger partial charge in [-0.25, -0.2) is 0 Å². The summed E-state index contributed by atoms with van der Waals surface area (Å²) in [5.41, 5.74) is 0.957. The van der Waals surface area contributed by atoms with Crippen molar-refractivity contribution in [1.29, 1.82) is 0 Å². The molecular formula is C14H19N3O3S. The number of amides is 1. The highest BCUT2D eigenvalue weighted by Crippen LogP contribution is 2.44. The number of piperidine rings is 1. The lowest BCUT2D eigenvalue weighted by Gasteiger charge is -2.39. The van der Waals surface area contributed by atoms with Gasteiger partial charge in [0, 0.05) is 32.9 Å². The zero-order chi connectivity index (χ0) is 15.3. The predicted molar refractivity (Wildman–Crippen MR) is 80.2 cm³/mol. The van der Waals surface area contributed by atoms with Crippen LogP contribution in [0.4, 0.5) is 5.69 Å². The van der Waals surface area contributed by atoms with Crippen LogP contribution < -0.4 is 5.32 Å². The molecule has 1 aromatic rings. The second kappa shape index (κ2) is 4.79. The summed E-state index contributed by atoms with van der Waals surface area (Å²) in [6, 6.07) is 7.54. The van der Waals surface area contributed by atoms with Crippen molar-refractivity contribution in [3.8, 4) is 0 Å². The van der Waals surface area contributed by atoms with E-state index in [1.165, 1.54) is 22.7 Å². The van der Waals surface area contributed by atoms with Crippen LogP contribution >= 0.6 is 0 Å². The minimum atomic E-state index is -3.50. The summed E-state index contributed by atoms with van der Waals surface area (Å²) in [5, 5.41) is 2.89. The molecule has 1 spiro atoms. The lowest BCUT2D eigenvalue weighted by Crippen LogP contribution is -2.54. The molecule has 2 heterocycles. The standard InChI is InChI=1S/C14H19N3O3S/c1-16(2)21(19,20)17-9-5-8-14(10-17)11-6-3-4-7-12(11)15-13(14)18/h3-4,6-7H,5,8-10H2,1-2H3,(H,15,18)/t14-/m0/s1. The molecule has 0 saturated carbocycles. The zero-order valence-corrected chi connectivity index (χ0v) is 13.0. The number of hydrogen-bond acceptors (Lipinski definition) is 3. The van der Waals surface area contributed by atoms with E-state index < -0.39 is 15.6 Å². The normalized spacial score (nSPS) is 26.1. The number of benzene rings is 1. The third kappa shape index (κ3) is 2.07. The molecule has 7 heteroatoms. The molecule has 1 amide bonds. The second-order valence-corrected chi connectivity index (χ2v) is 7.95. The van der Waals surface area contributed by atoms with Gasteiger partial charge in [-0.2, -0.15) is 17.0 Å². The number of nitrogens with zero attached hydrogens (tertiary/aromatic N) is 2. The van der Waals surface area contributed by atoms with Gasteiger partial charge in [-0.3, -0.25) is 4.79 Å². The summed E-state index contributed by atoms with van der Waals surface area (Å²) >= 11 is 0. The van der Waals surface area contributed by atoms with Gasteiger partial charge < -0.3 is 5.32 Å². The highest BCUT2D eigenvalue weighted by atomic mass is 32.2. The summed E-state index contributed by atoms with van der Waals surface area (Å²) in [5.74, 6) is -0.0950. The van der Waals surface area contributed by atoms with Crippen LogP contribution in [0.3, 0.4) is 0 Å². The SMILES string of the molecule is CN(C)S(=O)(=O)N1CCC[C@@]2(C1)C(=O)Nc1ccccc12. The van der Waals surface area contributed by atoms with Crippen molar-refractivity contribution < 1.29 is 13.2 Å². The predicted octanol–water partition coefficient (Wildman–Crippen LogP) is 0.779. The van der Waals surface area contributed by atoms with Crippen LogP contribution in [-0.2, 0) is 20.4 Å². The van der Waals surface area contributed by atoms with E-state index in [2.05, 4.69) is 5.32 Å². The van der Waals surface area contributed by atoms with Gasteiger partial charge in [0.2, 0.25) is 5.91 Å². The van der Waals surface area contributed by atoms with Crippen LogP contribution in [0.1, 0.15) is 18.4 Å². The van der Waals surface area contributed by atoms with Crippen molar-refractivity contribution in [1.82, 2.24) is 8.61 Å². The molecular weight excluding hydrogens is 290 g/mol. The van der Waals surface area contributed by atoms with Crippen LogP contribution in [0.15, 0.2) is 24.3 Å². The summed E-state index contributed by atoms with van der Waals surface area (Å²) in [7, 11) is -0.476. The van der Waals surface area contributed by atoms with Crippen molar-refractivity contribution in [3.63, 3.8) is 0 Å². The molecule has 0 bridgehead atoms. The number of anilines is 1. The highest BCUT2D eigenvalue weighted by Gasteiger charge is 2.51. The Balaban J connectivity index is 2.02. The van der Waals surface area contributed by atoms with Gasteiger partial charge in [0.05, 0.1) is 5.41 Å². The summed E-state index contributed by atoms with van der Waals surface area (Å²) < 4.78 is 27.3. The maximum Gasteiger partial charge on any atom is 0.281 e. The Morgan fingerprint density at radius 1 is 1.29 bits per heavy atom. The molecule has 0 aliphatic carbocycles. The maximum atomic E-state index is 12.5. The van der Waals surface area contributed by atoms with Crippen molar-refractivity contribution >= 4 is 21.8 Å². The van der Waals surface area contributed by atoms with Crippen molar-refractivity contribution in [2.24, 2.45) is 0 Å². The first-order chi connectivity index (χ1) is 9.88. The topological polar surface area (TPSA) is 69.7 Å². The Morgan fingerprint density at radius 2 is 2.00 bits per heavy atom. The molecule has 2 aliphatic heterocycles. The minimum Gasteiger partial charge on any atom is -0.325 e. The fraction of sp³-hybridized carbons (Fsp3) is 0.500. The fourth-order valence-corrected chi connectivity index (χ4v) is 4.43. The largest absolute Gasteiger partial charge is 0.325 e. The monoisotopic (exact) mass is 309 g/mol. The summed E-state index contributed by atoms with van der Waals surface area (Å²) in [4.78, 5) is 12.5. The minimum absolute atomic E-state index is 0.0950. The van der Waals surface area contributed by atoms with Crippen LogP contribution in [0.2, 0.25) is 0 Å². The Morgan fingerprint density at radius 3 is 2.71 bits per heavy atom. The number of rotatable bonds is 2. The fourth-order valence-electron chi connectivity index (χ4n) is 3.22. The highest BCUT2D eigenvalue weighted by molar-refractivity contribution is 7.86. The average molecular weight is 309 g/mol. The van der Waals surface area contributed by atoms with E-state index in [1.807, 2.05) is 24.3 Å². The first-order valence-electron chi connectivity index (χ1n) is 6.96. The van der Waals surface area contributed by atoms with Gasteiger partial charge in [-0.15, -0.1) is 0 Å². The molecule has 1 N–H and O–H groups in total. The molecule has 0 radical (unpaired) electrons. The van der Waals surface area contributed by atoms with Crippen molar-refractivity contribution in [2.75, 3.05) is 32.5 Å². The number of para-hydroxylation sites is 1. The molecule has 3 rings (SSSR count). The molecule has 6 nitrogen and oxygen atoms in total. The van der Waals surface area contributed by atoms with Gasteiger partial charge >= 0.3 is 0 Å².